The van der Waals surface area contributed by atoms with Crippen LogP contribution in [0.1, 0.15) is 39.5 Å². The van der Waals surface area contributed by atoms with Gasteiger partial charge in [-0.25, -0.2) is 0 Å². The number of Topliss-reactive ketones (excluding diaryl/α,β-unsaturated/α-hetero) is 1. The van der Waals surface area contributed by atoms with Gasteiger partial charge < -0.3 is 4.74 Å². The Labute approximate surface area is 92.8 Å². The van der Waals surface area contributed by atoms with Crippen LogP contribution in [0.25, 0.3) is 0 Å². The predicted molar refractivity (Wildman–Crippen MR) is 61.0 cm³/mol. The van der Waals surface area contributed by atoms with E-state index >= 15 is 0 Å². The molecule has 0 aliphatic carbocycles. The molecule has 0 N–H and O–H groups in total. The monoisotopic (exact) mass is 213 g/mol. The summed E-state index contributed by atoms with van der Waals surface area (Å²) in [5, 5.41) is 0. The van der Waals surface area contributed by atoms with Crippen molar-refractivity contribution in [2.45, 2.75) is 45.6 Å². The molecule has 1 saturated heterocycles. The number of carbonyl (C=O) groups excluding carboxylic acids is 1. The lowest BCUT2D eigenvalue weighted by molar-refractivity contribution is -0.118. The molecule has 0 spiro atoms. The summed E-state index contributed by atoms with van der Waals surface area (Å²) in [6.45, 7) is 7.58. The maximum Gasteiger partial charge on any atom is 0.131 e. The highest BCUT2D eigenvalue weighted by atomic mass is 16.5. The van der Waals surface area contributed by atoms with Crippen LogP contribution in [0, 0.1) is 0 Å². The van der Waals surface area contributed by atoms with Gasteiger partial charge in [-0.05, 0) is 32.7 Å². The minimum atomic E-state index is 0.307. The zero-order chi connectivity index (χ0) is 11.1. The van der Waals surface area contributed by atoms with Crippen molar-refractivity contribution < 1.29 is 9.53 Å². The standard InChI is InChI=1S/C12H23NO2/c1-3-8-15-9-7-13-6-4-5-12(13)10-11(2)14/h12H,3-10H2,1-2H3. The Morgan fingerprint density at radius 3 is 2.93 bits per heavy atom. The van der Waals surface area contributed by atoms with Crippen LogP contribution < -0.4 is 0 Å². The van der Waals surface area contributed by atoms with E-state index in [1.165, 1.54) is 12.8 Å². The topological polar surface area (TPSA) is 29.5 Å². The van der Waals surface area contributed by atoms with E-state index in [2.05, 4.69) is 11.8 Å². The molecule has 15 heavy (non-hydrogen) atoms. The van der Waals surface area contributed by atoms with Gasteiger partial charge in [0, 0.05) is 25.6 Å². The van der Waals surface area contributed by atoms with Crippen molar-refractivity contribution in [3.63, 3.8) is 0 Å². The summed E-state index contributed by atoms with van der Waals surface area (Å²) in [5.41, 5.74) is 0. The molecule has 0 amide bonds. The van der Waals surface area contributed by atoms with Gasteiger partial charge in [0.15, 0.2) is 0 Å². The van der Waals surface area contributed by atoms with Crippen LogP contribution in [0.3, 0.4) is 0 Å². The van der Waals surface area contributed by atoms with Crippen LogP contribution in [-0.4, -0.2) is 43.0 Å². The highest BCUT2D eigenvalue weighted by Gasteiger charge is 2.24. The summed E-state index contributed by atoms with van der Waals surface area (Å²) in [7, 11) is 0. The lowest BCUT2D eigenvalue weighted by atomic mass is 10.1. The first-order valence-electron chi connectivity index (χ1n) is 6.05. The van der Waals surface area contributed by atoms with E-state index in [1.807, 2.05) is 0 Å². The van der Waals surface area contributed by atoms with E-state index in [0.29, 0.717) is 18.2 Å². The third-order valence-corrected chi connectivity index (χ3v) is 2.89. The molecule has 88 valence electrons. The molecule has 1 heterocycles. The number of carbonyl (C=O) groups is 1. The summed E-state index contributed by atoms with van der Waals surface area (Å²) < 4.78 is 5.47. The van der Waals surface area contributed by atoms with Crippen LogP contribution in [0.15, 0.2) is 0 Å². The Balaban J connectivity index is 2.18. The van der Waals surface area contributed by atoms with Gasteiger partial charge in [-0.3, -0.25) is 9.69 Å². The SMILES string of the molecule is CCCOCCN1CCCC1CC(C)=O. The Bertz CT molecular complexity index is 194. The first-order valence-corrected chi connectivity index (χ1v) is 6.05. The Kier molecular flexibility index (Phi) is 5.88. The van der Waals surface area contributed by atoms with E-state index < -0.39 is 0 Å². The van der Waals surface area contributed by atoms with E-state index in [0.717, 1.165) is 32.7 Å². The molecule has 1 atom stereocenters. The molecule has 1 fully saturated rings. The lowest BCUT2D eigenvalue weighted by Crippen LogP contribution is -2.33. The first-order chi connectivity index (χ1) is 7.24. The van der Waals surface area contributed by atoms with Crippen molar-refractivity contribution in [3.05, 3.63) is 0 Å². The number of ketones is 1. The molecular weight excluding hydrogens is 190 g/mol. The molecule has 1 rings (SSSR count). The number of hydrogen-bond donors (Lipinski definition) is 0. The van der Waals surface area contributed by atoms with Gasteiger partial charge in [0.05, 0.1) is 6.61 Å². The van der Waals surface area contributed by atoms with E-state index in [1.54, 1.807) is 6.92 Å². The summed E-state index contributed by atoms with van der Waals surface area (Å²) >= 11 is 0. The fourth-order valence-corrected chi connectivity index (χ4v) is 2.18. The van der Waals surface area contributed by atoms with E-state index in [9.17, 15) is 4.79 Å². The van der Waals surface area contributed by atoms with Crippen molar-refractivity contribution in [1.29, 1.82) is 0 Å². The molecule has 0 bridgehead atoms. The van der Waals surface area contributed by atoms with Crippen molar-refractivity contribution in [3.8, 4) is 0 Å². The fraction of sp³-hybridized carbons (Fsp3) is 0.917. The molecule has 0 aromatic carbocycles. The molecule has 1 unspecified atom stereocenters. The molecular formula is C12H23NO2. The molecule has 3 heteroatoms. The minimum Gasteiger partial charge on any atom is -0.380 e. The summed E-state index contributed by atoms with van der Waals surface area (Å²) in [6, 6.07) is 0.479. The van der Waals surface area contributed by atoms with E-state index in [4.69, 9.17) is 4.74 Å². The van der Waals surface area contributed by atoms with Gasteiger partial charge in [0.2, 0.25) is 0 Å². The molecule has 0 saturated carbocycles. The molecule has 1 aliphatic heterocycles. The van der Waals surface area contributed by atoms with Gasteiger partial charge in [-0.1, -0.05) is 6.92 Å². The van der Waals surface area contributed by atoms with Crippen LogP contribution in [0.4, 0.5) is 0 Å². The number of ether oxygens (including phenoxy) is 1. The quantitative estimate of drug-likeness (QED) is 0.605. The van der Waals surface area contributed by atoms with Crippen molar-refractivity contribution >= 4 is 5.78 Å². The maximum atomic E-state index is 11.1. The van der Waals surface area contributed by atoms with E-state index in [-0.39, 0.29) is 0 Å². The normalized spacial score (nSPS) is 22.1. The molecule has 1 aliphatic rings. The second-order valence-electron chi connectivity index (χ2n) is 4.35. The first kappa shape index (κ1) is 12.7. The van der Waals surface area contributed by atoms with Crippen LogP contribution in [0.5, 0.6) is 0 Å². The van der Waals surface area contributed by atoms with Crippen molar-refractivity contribution in [2.24, 2.45) is 0 Å². The third-order valence-electron chi connectivity index (χ3n) is 2.89. The van der Waals surface area contributed by atoms with Gasteiger partial charge >= 0.3 is 0 Å². The number of likely N-dealkylation sites (tertiary alicyclic amines) is 1. The highest BCUT2D eigenvalue weighted by molar-refractivity contribution is 5.76. The summed E-state index contributed by atoms with van der Waals surface area (Å²) in [5.74, 6) is 0.307. The Morgan fingerprint density at radius 2 is 2.27 bits per heavy atom. The summed E-state index contributed by atoms with van der Waals surface area (Å²) in [4.78, 5) is 13.5. The molecule has 0 aromatic rings. The molecule has 0 aromatic heterocycles. The Morgan fingerprint density at radius 1 is 1.47 bits per heavy atom. The average molecular weight is 213 g/mol. The predicted octanol–water partition coefficient (Wildman–Crippen LogP) is 1.86. The highest BCUT2D eigenvalue weighted by Crippen LogP contribution is 2.19. The number of nitrogens with zero attached hydrogens (tertiary/aromatic N) is 1. The number of rotatable bonds is 7. The Hall–Kier alpha value is -0.410. The second kappa shape index (κ2) is 6.96. The smallest absolute Gasteiger partial charge is 0.131 e. The largest absolute Gasteiger partial charge is 0.380 e. The zero-order valence-corrected chi connectivity index (χ0v) is 10.00. The number of hydrogen-bond acceptors (Lipinski definition) is 3. The summed E-state index contributed by atoms with van der Waals surface area (Å²) in [6.07, 6.45) is 4.20. The fourth-order valence-electron chi connectivity index (χ4n) is 2.18. The van der Waals surface area contributed by atoms with Gasteiger partial charge in [0.25, 0.3) is 0 Å². The zero-order valence-electron chi connectivity index (χ0n) is 10.00. The minimum absolute atomic E-state index is 0.307. The second-order valence-corrected chi connectivity index (χ2v) is 4.35. The van der Waals surface area contributed by atoms with Gasteiger partial charge in [-0.15, -0.1) is 0 Å². The van der Waals surface area contributed by atoms with Crippen LogP contribution >= 0.6 is 0 Å². The maximum absolute atomic E-state index is 11.1. The van der Waals surface area contributed by atoms with Crippen LogP contribution in [-0.2, 0) is 9.53 Å². The van der Waals surface area contributed by atoms with Crippen molar-refractivity contribution in [2.75, 3.05) is 26.3 Å². The molecule has 0 radical (unpaired) electrons. The van der Waals surface area contributed by atoms with Crippen molar-refractivity contribution in [1.82, 2.24) is 4.90 Å². The van der Waals surface area contributed by atoms with Gasteiger partial charge in [-0.2, -0.15) is 0 Å². The average Bonchev–Trinajstić information content (AvgIpc) is 2.59. The van der Waals surface area contributed by atoms with Crippen LogP contribution in [0.2, 0.25) is 0 Å². The molecule has 3 nitrogen and oxygen atoms in total. The van der Waals surface area contributed by atoms with Gasteiger partial charge in [0.1, 0.15) is 5.78 Å². The lowest BCUT2D eigenvalue weighted by Gasteiger charge is -2.23. The third kappa shape index (κ3) is 4.76.